The molecule has 1 saturated heterocycles. The summed E-state index contributed by atoms with van der Waals surface area (Å²) >= 11 is 0. The van der Waals surface area contributed by atoms with E-state index in [1.807, 2.05) is 34.2 Å². The van der Waals surface area contributed by atoms with Gasteiger partial charge in [-0.2, -0.15) is 0 Å². The maximum Gasteiger partial charge on any atom is 0.187 e. The van der Waals surface area contributed by atoms with Crippen molar-refractivity contribution in [2.75, 3.05) is 19.6 Å². The number of carbonyl (C=O) groups excluding carboxylic acids is 1. The second-order valence-corrected chi connectivity index (χ2v) is 3.60. The molecule has 4 heteroatoms. The molecule has 0 aliphatic carbocycles. The van der Waals surface area contributed by atoms with E-state index in [-0.39, 0.29) is 27.0 Å². The van der Waals surface area contributed by atoms with Crippen LogP contribution in [0.1, 0.15) is 60.3 Å². The van der Waals surface area contributed by atoms with Crippen LogP contribution >= 0.6 is 0 Å². The van der Waals surface area contributed by atoms with E-state index in [0.29, 0.717) is 0 Å². The molecular weight excluding hydrogens is 396 g/mol. The predicted molar refractivity (Wildman–Crippen MR) is 75.7 cm³/mol. The third kappa shape index (κ3) is 16.1. The van der Waals surface area contributed by atoms with Gasteiger partial charge in [-0.3, -0.25) is 4.79 Å². The van der Waals surface area contributed by atoms with Crippen molar-refractivity contribution >= 4 is 5.91 Å². The Morgan fingerprint density at radius 3 is 2.06 bits per heavy atom. The molecule has 1 fully saturated rings. The second kappa shape index (κ2) is 19.5. The summed E-state index contributed by atoms with van der Waals surface area (Å²) in [5, 5.41) is 2.69. The number of hydrogen-bond donors (Lipinski definition) is 1. The van der Waals surface area contributed by atoms with Crippen molar-refractivity contribution in [2.24, 2.45) is 0 Å². The summed E-state index contributed by atoms with van der Waals surface area (Å²) in [6, 6.07) is 0. The van der Waals surface area contributed by atoms with E-state index in [1.165, 1.54) is 39.3 Å². The van der Waals surface area contributed by atoms with Gasteiger partial charge in [0.05, 0.1) is 0 Å². The summed E-state index contributed by atoms with van der Waals surface area (Å²) in [4.78, 5) is 13.0. The Hall–Kier alpha value is 0.118. The molecule has 110 valence electrons. The van der Waals surface area contributed by atoms with Crippen LogP contribution in [0.5, 0.6) is 0 Å². The number of hydrogen-bond acceptors (Lipinski definition) is 2. The Labute approximate surface area is 128 Å². The molecule has 1 heterocycles. The number of nitrogens with zero attached hydrogens (tertiary/aromatic N) is 1. The molecule has 0 aromatic rings. The Balaban J connectivity index is -0.000000409. The van der Waals surface area contributed by atoms with Gasteiger partial charge in [-0.1, -0.05) is 34.1 Å². The molecule has 0 aromatic carbocycles. The van der Waals surface area contributed by atoms with Crippen molar-refractivity contribution in [3.63, 3.8) is 0 Å². The van der Waals surface area contributed by atoms with E-state index in [1.54, 1.807) is 0 Å². The van der Waals surface area contributed by atoms with E-state index in [4.69, 9.17) is 0 Å². The van der Waals surface area contributed by atoms with Crippen molar-refractivity contribution in [1.82, 2.24) is 10.2 Å². The molecule has 0 atom stereocenters. The molecular formula is C14H31N2OW-. The van der Waals surface area contributed by atoms with Crippen LogP contribution in [0.2, 0.25) is 0 Å². The first kappa shape index (κ1) is 23.2. The van der Waals surface area contributed by atoms with E-state index >= 15 is 0 Å². The predicted octanol–water partition coefficient (Wildman–Crippen LogP) is 3.21. The quantitative estimate of drug-likeness (QED) is 0.552. The Morgan fingerprint density at radius 1 is 1.11 bits per heavy atom. The molecule has 0 saturated carbocycles. The minimum Gasteiger partial charge on any atom is -0.506 e. The second-order valence-electron chi connectivity index (χ2n) is 3.60. The minimum atomic E-state index is 0. The van der Waals surface area contributed by atoms with Gasteiger partial charge in [0.1, 0.15) is 0 Å². The molecule has 18 heavy (non-hydrogen) atoms. The molecule has 0 bridgehead atoms. The number of amides is 1. The SMILES string of the molecule is CC.CC.CC(=O)N[CH-]CCN1CCCCC1.[W]. The fourth-order valence-electron chi connectivity index (χ4n) is 1.65. The number of rotatable bonds is 4. The van der Waals surface area contributed by atoms with E-state index in [0.717, 1.165) is 13.0 Å². The van der Waals surface area contributed by atoms with Gasteiger partial charge in [-0.05, 0) is 32.5 Å². The van der Waals surface area contributed by atoms with E-state index in [2.05, 4.69) is 10.2 Å². The first-order chi connectivity index (χ1) is 8.29. The van der Waals surface area contributed by atoms with Crippen molar-refractivity contribution in [2.45, 2.75) is 60.3 Å². The zero-order chi connectivity index (χ0) is 13.5. The van der Waals surface area contributed by atoms with E-state index in [9.17, 15) is 4.79 Å². The summed E-state index contributed by atoms with van der Waals surface area (Å²) in [6.45, 7) is 14.9. The maximum absolute atomic E-state index is 10.5. The van der Waals surface area contributed by atoms with Crippen molar-refractivity contribution < 1.29 is 25.9 Å². The maximum atomic E-state index is 10.5. The Morgan fingerprint density at radius 2 is 1.61 bits per heavy atom. The van der Waals surface area contributed by atoms with Gasteiger partial charge in [0.15, 0.2) is 5.91 Å². The minimum absolute atomic E-state index is 0. The third-order valence-electron chi connectivity index (χ3n) is 2.34. The molecule has 0 unspecified atom stereocenters. The van der Waals surface area contributed by atoms with Crippen LogP contribution in [0, 0.1) is 6.54 Å². The molecule has 1 rings (SSSR count). The molecule has 0 radical (unpaired) electrons. The molecule has 3 nitrogen and oxygen atoms in total. The van der Waals surface area contributed by atoms with Gasteiger partial charge in [0, 0.05) is 28.0 Å². The number of likely N-dealkylation sites (tertiary alicyclic amines) is 1. The van der Waals surface area contributed by atoms with Crippen LogP contribution in [-0.4, -0.2) is 30.4 Å². The van der Waals surface area contributed by atoms with Gasteiger partial charge >= 0.3 is 0 Å². The van der Waals surface area contributed by atoms with Crippen LogP contribution in [0.15, 0.2) is 0 Å². The van der Waals surface area contributed by atoms with Gasteiger partial charge < -0.3 is 10.2 Å². The zero-order valence-electron chi connectivity index (χ0n) is 12.8. The summed E-state index contributed by atoms with van der Waals surface area (Å²) in [5.74, 6) is 0.0265. The smallest absolute Gasteiger partial charge is 0.187 e. The topological polar surface area (TPSA) is 32.3 Å². The van der Waals surface area contributed by atoms with Gasteiger partial charge in [0.2, 0.25) is 0 Å². The monoisotopic (exact) mass is 427 g/mol. The summed E-state index contributed by atoms with van der Waals surface area (Å²) in [5.41, 5.74) is 0. The zero-order valence-corrected chi connectivity index (χ0v) is 15.7. The third-order valence-corrected chi connectivity index (χ3v) is 2.34. The molecule has 1 aliphatic heterocycles. The normalized spacial score (nSPS) is 14.1. The first-order valence-electron chi connectivity index (χ1n) is 7.10. The van der Waals surface area contributed by atoms with Crippen LogP contribution in [0.3, 0.4) is 0 Å². The van der Waals surface area contributed by atoms with Crippen LogP contribution in [-0.2, 0) is 25.9 Å². The molecule has 0 spiro atoms. The van der Waals surface area contributed by atoms with Gasteiger partial charge in [0.25, 0.3) is 0 Å². The van der Waals surface area contributed by atoms with Gasteiger partial charge in [-0.25, -0.2) is 6.54 Å². The van der Waals surface area contributed by atoms with Crippen molar-refractivity contribution in [1.29, 1.82) is 0 Å². The van der Waals surface area contributed by atoms with Crippen LogP contribution < -0.4 is 5.32 Å². The van der Waals surface area contributed by atoms with Crippen molar-refractivity contribution in [3.8, 4) is 0 Å². The van der Waals surface area contributed by atoms with E-state index < -0.39 is 0 Å². The van der Waals surface area contributed by atoms with Crippen LogP contribution in [0.25, 0.3) is 0 Å². The fraction of sp³-hybridized carbons (Fsp3) is 0.857. The largest absolute Gasteiger partial charge is 0.506 e. The molecule has 1 aliphatic rings. The number of carbonyl (C=O) groups is 1. The van der Waals surface area contributed by atoms with Gasteiger partial charge in [-0.15, -0.1) is 6.42 Å². The number of nitrogens with one attached hydrogen (secondary N) is 1. The standard InChI is InChI=1S/C10H19N2O.2C2H6.W/c1-10(13)11-6-5-9-12-7-3-2-4-8-12;2*1-2;/h6H,2-5,7-9H2,1H3,(H,11,13);2*1-2H3;/q-1;;;. The summed E-state index contributed by atoms with van der Waals surface area (Å²) in [7, 11) is 0. The first-order valence-corrected chi connectivity index (χ1v) is 7.10. The molecule has 1 amide bonds. The number of piperidine rings is 1. The van der Waals surface area contributed by atoms with Crippen LogP contribution in [0.4, 0.5) is 0 Å². The summed E-state index contributed by atoms with van der Waals surface area (Å²) in [6.07, 6.45) is 5.01. The molecule has 1 N–H and O–H groups in total. The average Bonchev–Trinajstić information content (AvgIpc) is 2.40. The Kier molecular flexibility index (Phi) is 25.1. The average molecular weight is 427 g/mol. The van der Waals surface area contributed by atoms with Crippen molar-refractivity contribution in [3.05, 3.63) is 6.54 Å². The Bertz CT molecular complexity index is 160. The summed E-state index contributed by atoms with van der Waals surface area (Å²) < 4.78 is 0. The fourth-order valence-corrected chi connectivity index (χ4v) is 1.65. The molecule has 0 aromatic heterocycles.